The molecule has 1 saturated heterocycles. The van der Waals surface area contributed by atoms with Crippen LogP contribution in [0.15, 0.2) is 42.2 Å². The Morgan fingerprint density at radius 1 is 1.29 bits per heavy atom. The van der Waals surface area contributed by atoms with E-state index in [4.69, 9.17) is 0 Å². The van der Waals surface area contributed by atoms with Crippen LogP contribution in [-0.2, 0) is 6.54 Å². The number of aromatic nitrogens is 4. The molecule has 1 amide bonds. The van der Waals surface area contributed by atoms with Crippen molar-refractivity contribution >= 4 is 17.2 Å². The Kier molecular flexibility index (Phi) is 5.52. The summed E-state index contributed by atoms with van der Waals surface area (Å²) < 4.78 is 2.15. The summed E-state index contributed by atoms with van der Waals surface area (Å²) in [6.07, 6.45) is 7.68. The van der Waals surface area contributed by atoms with Gasteiger partial charge in [0.1, 0.15) is 5.82 Å². The molecule has 4 rings (SSSR count). The topological polar surface area (TPSA) is 63.9 Å². The first-order valence-electron chi connectivity index (χ1n) is 9.77. The Bertz CT molecular complexity index is 933. The number of hydrogen-bond acceptors (Lipinski definition) is 5. The fourth-order valence-electron chi connectivity index (χ4n) is 3.64. The van der Waals surface area contributed by atoms with Gasteiger partial charge < -0.3 is 9.47 Å². The number of rotatable bonds is 5. The molecule has 1 atom stereocenters. The number of piperidine rings is 1. The molecule has 1 aliphatic heterocycles. The van der Waals surface area contributed by atoms with Crippen molar-refractivity contribution in [1.29, 1.82) is 0 Å². The van der Waals surface area contributed by atoms with Crippen molar-refractivity contribution in [1.82, 2.24) is 24.4 Å². The molecular weight excluding hydrogens is 370 g/mol. The van der Waals surface area contributed by atoms with E-state index < -0.39 is 0 Å². The highest BCUT2D eigenvalue weighted by atomic mass is 32.1. The zero-order valence-electron chi connectivity index (χ0n) is 16.3. The van der Waals surface area contributed by atoms with Crippen LogP contribution in [-0.4, -0.2) is 43.4 Å². The molecule has 3 aromatic heterocycles. The van der Waals surface area contributed by atoms with Crippen LogP contribution in [0.4, 0.5) is 0 Å². The quantitative estimate of drug-likeness (QED) is 0.657. The van der Waals surface area contributed by atoms with Crippen molar-refractivity contribution < 1.29 is 4.79 Å². The van der Waals surface area contributed by atoms with Crippen LogP contribution < -0.4 is 0 Å². The van der Waals surface area contributed by atoms with Crippen molar-refractivity contribution in [3.63, 3.8) is 0 Å². The second-order valence-electron chi connectivity index (χ2n) is 7.56. The summed E-state index contributed by atoms with van der Waals surface area (Å²) in [5.41, 5.74) is 2.00. The molecule has 28 heavy (non-hydrogen) atoms. The predicted octanol–water partition coefficient (Wildman–Crippen LogP) is 3.93. The molecule has 0 saturated carbocycles. The van der Waals surface area contributed by atoms with E-state index in [9.17, 15) is 4.79 Å². The van der Waals surface area contributed by atoms with E-state index >= 15 is 0 Å². The first kappa shape index (κ1) is 18.8. The van der Waals surface area contributed by atoms with Crippen LogP contribution in [0, 0.1) is 0 Å². The van der Waals surface area contributed by atoms with Crippen LogP contribution in [0.2, 0.25) is 0 Å². The highest BCUT2D eigenvalue weighted by molar-refractivity contribution is 7.11. The van der Waals surface area contributed by atoms with E-state index in [1.54, 1.807) is 0 Å². The number of pyridine rings is 1. The number of amides is 1. The van der Waals surface area contributed by atoms with Crippen molar-refractivity contribution in [2.24, 2.45) is 0 Å². The second-order valence-corrected chi connectivity index (χ2v) is 8.42. The fraction of sp³-hybridized carbons (Fsp3) is 0.429. The SMILES string of the molecule is CC(C)c1csc(C(=O)N2CCCC(c3nccn3Cc3ccccn3)C2)n1. The van der Waals surface area contributed by atoms with Gasteiger partial charge in [0.05, 0.1) is 17.9 Å². The monoisotopic (exact) mass is 395 g/mol. The number of likely N-dealkylation sites (tertiary alicyclic amines) is 1. The number of carbonyl (C=O) groups excluding carboxylic acids is 1. The molecule has 1 fully saturated rings. The van der Waals surface area contributed by atoms with Crippen LogP contribution in [0.25, 0.3) is 0 Å². The largest absolute Gasteiger partial charge is 0.336 e. The van der Waals surface area contributed by atoms with Crippen molar-refractivity contribution in [3.05, 3.63) is 64.4 Å². The molecule has 7 heteroatoms. The summed E-state index contributed by atoms with van der Waals surface area (Å²) >= 11 is 1.45. The van der Waals surface area contributed by atoms with Crippen LogP contribution in [0.1, 0.15) is 65.5 Å². The van der Waals surface area contributed by atoms with Crippen molar-refractivity contribution in [2.75, 3.05) is 13.1 Å². The molecular formula is C21H25N5OS. The number of hydrogen-bond donors (Lipinski definition) is 0. The van der Waals surface area contributed by atoms with Crippen LogP contribution in [0.3, 0.4) is 0 Å². The van der Waals surface area contributed by atoms with Crippen LogP contribution in [0.5, 0.6) is 0 Å². The summed E-state index contributed by atoms with van der Waals surface area (Å²) in [6.45, 7) is 6.37. The number of thiazole rings is 1. The summed E-state index contributed by atoms with van der Waals surface area (Å²) in [5.74, 6) is 1.65. The summed E-state index contributed by atoms with van der Waals surface area (Å²) in [5, 5.41) is 2.60. The van der Waals surface area contributed by atoms with Crippen molar-refractivity contribution in [3.8, 4) is 0 Å². The van der Waals surface area contributed by atoms with Gasteiger partial charge in [0.15, 0.2) is 5.01 Å². The van der Waals surface area contributed by atoms with E-state index in [0.717, 1.165) is 36.6 Å². The lowest BCUT2D eigenvalue weighted by molar-refractivity contribution is 0.0702. The molecule has 0 N–H and O–H groups in total. The maximum atomic E-state index is 13.0. The van der Waals surface area contributed by atoms with Gasteiger partial charge in [-0.05, 0) is 30.9 Å². The zero-order chi connectivity index (χ0) is 19.5. The van der Waals surface area contributed by atoms with Gasteiger partial charge in [-0.1, -0.05) is 19.9 Å². The molecule has 1 unspecified atom stereocenters. The average molecular weight is 396 g/mol. The Morgan fingerprint density at radius 3 is 2.93 bits per heavy atom. The third kappa shape index (κ3) is 3.99. The Balaban J connectivity index is 1.48. The first-order valence-corrected chi connectivity index (χ1v) is 10.7. The minimum Gasteiger partial charge on any atom is -0.336 e. The van der Waals surface area contributed by atoms with E-state index in [1.165, 1.54) is 11.3 Å². The Morgan fingerprint density at radius 2 is 2.18 bits per heavy atom. The third-order valence-electron chi connectivity index (χ3n) is 5.18. The van der Waals surface area contributed by atoms with Gasteiger partial charge in [0.25, 0.3) is 5.91 Å². The Hall–Kier alpha value is -2.54. The molecule has 4 heterocycles. The maximum Gasteiger partial charge on any atom is 0.282 e. The first-order chi connectivity index (χ1) is 13.6. The van der Waals surface area contributed by atoms with Gasteiger partial charge >= 0.3 is 0 Å². The van der Waals surface area contributed by atoms with Gasteiger partial charge in [0, 0.05) is 43.0 Å². The van der Waals surface area contributed by atoms with E-state index in [1.807, 2.05) is 47.1 Å². The highest BCUT2D eigenvalue weighted by Crippen LogP contribution is 2.28. The maximum absolute atomic E-state index is 13.0. The van der Waals surface area contributed by atoms with Gasteiger partial charge in [-0.3, -0.25) is 9.78 Å². The number of imidazole rings is 1. The second kappa shape index (κ2) is 8.22. The van der Waals surface area contributed by atoms with E-state index in [2.05, 4.69) is 33.4 Å². The van der Waals surface area contributed by atoms with Crippen LogP contribution >= 0.6 is 11.3 Å². The molecule has 0 aliphatic carbocycles. The van der Waals surface area contributed by atoms with Crippen molar-refractivity contribution in [2.45, 2.75) is 45.1 Å². The average Bonchev–Trinajstić information content (AvgIpc) is 3.38. The normalized spacial score (nSPS) is 17.2. The number of nitrogens with zero attached hydrogens (tertiary/aromatic N) is 5. The van der Waals surface area contributed by atoms with Gasteiger partial charge in [0.2, 0.25) is 0 Å². The summed E-state index contributed by atoms with van der Waals surface area (Å²) in [4.78, 5) is 28.5. The zero-order valence-corrected chi connectivity index (χ0v) is 17.1. The molecule has 0 aromatic carbocycles. The lowest BCUT2D eigenvalue weighted by Crippen LogP contribution is -2.39. The molecule has 3 aromatic rings. The minimum atomic E-state index is 0.0458. The lowest BCUT2D eigenvalue weighted by atomic mass is 9.97. The van der Waals surface area contributed by atoms with Gasteiger partial charge in [-0.15, -0.1) is 11.3 Å². The molecule has 1 aliphatic rings. The summed E-state index contributed by atoms with van der Waals surface area (Å²) in [7, 11) is 0. The molecule has 0 radical (unpaired) electrons. The Labute approximate surface area is 169 Å². The minimum absolute atomic E-state index is 0.0458. The standard InChI is InChI=1S/C21H25N5OS/c1-15(2)18-14-28-20(24-18)21(27)26-10-5-6-16(12-26)19-23-9-11-25(19)13-17-7-3-4-8-22-17/h3-4,7-9,11,14-16H,5-6,10,12-13H2,1-2H3. The highest BCUT2D eigenvalue weighted by Gasteiger charge is 2.29. The molecule has 146 valence electrons. The summed E-state index contributed by atoms with van der Waals surface area (Å²) in [6, 6.07) is 5.95. The van der Waals surface area contributed by atoms with E-state index in [-0.39, 0.29) is 11.8 Å². The molecule has 6 nitrogen and oxygen atoms in total. The lowest BCUT2D eigenvalue weighted by Gasteiger charge is -2.32. The van der Waals surface area contributed by atoms with Gasteiger partial charge in [-0.25, -0.2) is 9.97 Å². The fourth-order valence-corrected chi connectivity index (χ4v) is 4.58. The van der Waals surface area contributed by atoms with E-state index in [0.29, 0.717) is 24.0 Å². The molecule has 0 bridgehead atoms. The molecule has 0 spiro atoms. The predicted molar refractivity (Wildman–Crippen MR) is 110 cm³/mol. The number of carbonyl (C=O) groups is 1. The van der Waals surface area contributed by atoms with Gasteiger partial charge in [-0.2, -0.15) is 0 Å². The smallest absolute Gasteiger partial charge is 0.282 e. The third-order valence-corrected chi connectivity index (χ3v) is 6.02.